The standard InChI is InChI=1S/C15H11BrClN3OS/c1-20-13-8(7-18-15(19-13)22-2)5-11(14(20)21)10-4-3-9(16)6-12(10)17/h3-7H,1-2H3. The van der Waals surface area contributed by atoms with Gasteiger partial charge in [-0.25, -0.2) is 9.97 Å². The number of rotatable bonds is 2. The molecule has 3 aromatic rings. The highest BCUT2D eigenvalue weighted by Crippen LogP contribution is 2.30. The molecule has 0 fully saturated rings. The molecule has 0 aliphatic rings. The minimum Gasteiger partial charge on any atom is -0.295 e. The van der Waals surface area contributed by atoms with E-state index >= 15 is 0 Å². The molecule has 0 radical (unpaired) electrons. The number of halogens is 2. The zero-order chi connectivity index (χ0) is 15.9. The Kier molecular flexibility index (Phi) is 4.25. The molecule has 0 atom stereocenters. The molecule has 7 heteroatoms. The summed E-state index contributed by atoms with van der Waals surface area (Å²) in [5, 5.41) is 1.96. The maximum absolute atomic E-state index is 12.6. The van der Waals surface area contributed by atoms with Crippen LogP contribution < -0.4 is 5.56 Å². The summed E-state index contributed by atoms with van der Waals surface area (Å²) in [5.74, 6) is 0. The van der Waals surface area contributed by atoms with Gasteiger partial charge in [-0.1, -0.05) is 45.4 Å². The zero-order valence-electron chi connectivity index (χ0n) is 11.8. The first kappa shape index (κ1) is 15.5. The average Bonchev–Trinajstić information content (AvgIpc) is 2.51. The van der Waals surface area contributed by atoms with E-state index in [0.29, 0.717) is 27.0 Å². The molecule has 2 aromatic heterocycles. The van der Waals surface area contributed by atoms with Crippen LogP contribution in [0.1, 0.15) is 0 Å². The third-order valence-electron chi connectivity index (χ3n) is 3.33. The van der Waals surface area contributed by atoms with Crippen LogP contribution >= 0.6 is 39.3 Å². The first-order valence-corrected chi connectivity index (χ1v) is 8.77. The predicted molar refractivity (Wildman–Crippen MR) is 94.7 cm³/mol. The average molecular weight is 397 g/mol. The van der Waals surface area contributed by atoms with Crippen molar-refractivity contribution in [2.75, 3.05) is 6.26 Å². The molecule has 2 heterocycles. The van der Waals surface area contributed by atoms with Gasteiger partial charge in [-0.3, -0.25) is 9.36 Å². The second-order valence-corrected chi connectivity index (χ2v) is 6.78. The van der Waals surface area contributed by atoms with Crippen molar-refractivity contribution in [3.8, 4) is 11.1 Å². The largest absolute Gasteiger partial charge is 0.295 e. The Morgan fingerprint density at radius 2 is 2.05 bits per heavy atom. The van der Waals surface area contributed by atoms with E-state index in [1.54, 1.807) is 25.4 Å². The van der Waals surface area contributed by atoms with Gasteiger partial charge in [0.1, 0.15) is 5.65 Å². The van der Waals surface area contributed by atoms with Crippen LogP contribution in [-0.2, 0) is 7.05 Å². The molecule has 1 aromatic carbocycles. The number of aryl methyl sites for hydroxylation is 1. The molecular formula is C15H11BrClN3OS. The van der Waals surface area contributed by atoms with Crippen LogP contribution in [0.5, 0.6) is 0 Å². The van der Waals surface area contributed by atoms with Gasteiger partial charge in [0.25, 0.3) is 5.56 Å². The van der Waals surface area contributed by atoms with Crippen LogP contribution in [0.3, 0.4) is 0 Å². The summed E-state index contributed by atoms with van der Waals surface area (Å²) in [6.07, 6.45) is 3.62. The SMILES string of the molecule is CSc1ncc2cc(-c3ccc(Br)cc3Cl)c(=O)n(C)c2n1. The Balaban J connectivity index is 2.32. The van der Waals surface area contributed by atoms with Crippen molar-refractivity contribution >= 4 is 50.3 Å². The van der Waals surface area contributed by atoms with Gasteiger partial charge >= 0.3 is 0 Å². The fraction of sp³-hybridized carbons (Fsp3) is 0.133. The Labute approximate surface area is 144 Å². The van der Waals surface area contributed by atoms with Gasteiger partial charge in [-0.05, 0) is 24.5 Å². The Morgan fingerprint density at radius 3 is 2.73 bits per heavy atom. The molecule has 0 spiro atoms. The highest BCUT2D eigenvalue weighted by molar-refractivity contribution is 9.10. The van der Waals surface area contributed by atoms with Crippen molar-refractivity contribution < 1.29 is 0 Å². The molecule has 0 aliphatic heterocycles. The van der Waals surface area contributed by atoms with Crippen LogP contribution in [-0.4, -0.2) is 20.8 Å². The minimum atomic E-state index is -0.137. The third-order valence-corrected chi connectivity index (χ3v) is 4.70. The van der Waals surface area contributed by atoms with Crippen LogP contribution in [0, 0.1) is 0 Å². The second kappa shape index (κ2) is 6.02. The number of aromatic nitrogens is 3. The molecular weight excluding hydrogens is 386 g/mol. The summed E-state index contributed by atoms with van der Waals surface area (Å²) in [4.78, 5) is 21.3. The molecule has 4 nitrogen and oxygen atoms in total. The summed E-state index contributed by atoms with van der Waals surface area (Å²) in [6, 6.07) is 7.25. The maximum Gasteiger partial charge on any atom is 0.259 e. The van der Waals surface area contributed by atoms with Crippen LogP contribution in [0.2, 0.25) is 5.02 Å². The molecule has 0 saturated carbocycles. The van der Waals surface area contributed by atoms with E-state index in [0.717, 1.165) is 9.86 Å². The van der Waals surface area contributed by atoms with Crippen LogP contribution in [0.25, 0.3) is 22.2 Å². The van der Waals surface area contributed by atoms with Gasteiger partial charge in [0.15, 0.2) is 5.16 Å². The van der Waals surface area contributed by atoms with E-state index in [1.807, 2.05) is 18.4 Å². The minimum absolute atomic E-state index is 0.137. The number of hydrogen-bond acceptors (Lipinski definition) is 4. The number of thioether (sulfide) groups is 1. The molecule has 112 valence electrons. The summed E-state index contributed by atoms with van der Waals surface area (Å²) in [5.41, 5.74) is 1.71. The molecule has 0 N–H and O–H groups in total. The van der Waals surface area contributed by atoms with Gasteiger partial charge < -0.3 is 0 Å². The molecule has 0 saturated heterocycles. The predicted octanol–water partition coefficient (Wildman–Crippen LogP) is 4.13. The quantitative estimate of drug-likeness (QED) is 0.482. The molecule has 0 aliphatic carbocycles. The van der Waals surface area contributed by atoms with Gasteiger partial charge in [0.05, 0.1) is 0 Å². The van der Waals surface area contributed by atoms with Gasteiger partial charge in [0.2, 0.25) is 0 Å². The van der Waals surface area contributed by atoms with Crippen molar-refractivity contribution in [2.45, 2.75) is 5.16 Å². The van der Waals surface area contributed by atoms with Crippen molar-refractivity contribution in [3.05, 3.63) is 50.3 Å². The van der Waals surface area contributed by atoms with Crippen LogP contribution in [0.4, 0.5) is 0 Å². The van der Waals surface area contributed by atoms with E-state index in [1.165, 1.54) is 16.3 Å². The number of pyridine rings is 1. The number of fused-ring (bicyclic) bond motifs is 1. The van der Waals surface area contributed by atoms with Gasteiger partial charge in [0, 0.05) is 39.3 Å². The highest BCUT2D eigenvalue weighted by Gasteiger charge is 2.13. The molecule has 0 bridgehead atoms. The smallest absolute Gasteiger partial charge is 0.259 e. The summed E-state index contributed by atoms with van der Waals surface area (Å²) in [7, 11) is 1.71. The normalized spacial score (nSPS) is 11.1. The first-order chi connectivity index (χ1) is 10.5. The summed E-state index contributed by atoms with van der Waals surface area (Å²) in [6.45, 7) is 0. The van der Waals surface area contributed by atoms with Crippen LogP contribution in [0.15, 0.2) is 44.9 Å². The van der Waals surface area contributed by atoms with E-state index in [2.05, 4.69) is 25.9 Å². The highest BCUT2D eigenvalue weighted by atomic mass is 79.9. The molecule has 0 amide bonds. The third kappa shape index (κ3) is 2.66. The Morgan fingerprint density at radius 1 is 1.27 bits per heavy atom. The van der Waals surface area contributed by atoms with E-state index in [9.17, 15) is 4.79 Å². The lowest BCUT2D eigenvalue weighted by Gasteiger charge is -2.10. The molecule has 0 unspecified atom stereocenters. The first-order valence-electron chi connectivity index (χ1n) is 6.37. The maximum atomic E-state index is 12.6. The number of nitrogens with zero attached hydrogens (tertiary/aromatic N) is 3. The monoisotopic (exact) mass is 395 g/mol. The fourth-order valence-corrected chi connectivity index (χ4v) is 3.34. The van der Waals surface area contributed by atoms with E-state index in [4.69, 9.17) is 11.6 Å². The molecule has 22 heavy (non-hydrogen) atoms. The van der Waals surface area contributed by atoms with Crippen molar-refractivity contribution in [3.63, 3.8) is 0 Å². The fourth-order valence-electron chi connectivity index (χ4n) is 2.23. The Bertz CT molecular complexity index is 942. The van der Waals surface area contributed by atoms with Gasteiger partial charge in [-0.15, -0.1) is 0 Å². The second-order valence-electron chi connectivity index (χ2n) is 4.68. The number of benzene rings is 1. The topological polar surface area (TPSA) is 47.8 Å². The number of hydrogen-bond donors (Lipinski definition) is 0. The van der Waals surface area contributed by atoms with Crippen molar-refractivity contribution in [2.24, 2.45) is 7.05 Å². The van der Waals surface area contributed by atoms with E-state index < -0.39 is 0 Å². The Hall–Kier alpha value is -1.37. The lowest BCUT2D eigenvalue weighted by molar-refractivity contribution is 0.861. The zero-order valence-corrected chi connectivity index (χ0v) is 15.0. The van der Waals surface area contributed by atoms with E-state index in [-0.39, 0.29) is 5.56 Å². The lowest BCUT2D eigenvalue weighted by Crippen LogP contribution is -2.20. The lowest BCUT2D eigenvalue weighted by atomic mass is 10.1. The summed E-state index contributed by atoms with van der Waals surface area (Å²) < 4.78 is 2.40. The summed E-state index contributed by atoms with van der Waals surface area (Å²) >= 11 is 11.1. The van der Waals surface area contributed by atoms with Crippen molar-refractivity contribution in [1.82, 2.24) is 14.5 Å². The van der Waals surface area contributed by atoms with Crippen molar-refractivity contribution in [1.29, 1.82) is 0 Å². The molecule has 3 rings (SSSR count). The van der Waals surface area contributed by atoms with Gasteiger partial charge in [-0.2, -0.15) is 0 Å².